The standard InChI is InChI=1S/C25H32ClN5O2.CH4O3S.H2O/c1-2-24-27-31(25(32)30(24)18-19-33-23-10-4-3-5-11-23)13-7-12-28-14-16-29(17-15-28)22-9-6-8-21(26)20-22;1-5(2,3)4;/h3-6,8-11,20H,2,7,12-19H2,1H3;1H3,(H,2,3,4);1H2. The molecular formula is C26H38ClN5O6S. The zero-order valence-electron chi connectivity index (χ0n) is 22.4. The number of hydrogen-bond donors (Lipinski definition) is 1. The van der Waals surface area contributed by atoms with Crippen LogP contribution in [0.4, 0.5) is 5.69 Å². The molecule has 0 bridgehead atoms. The first-order valence-corrected chi connectivity index (χ1v) is 14.9. The Balaban J connectivity index is 0.000000816. The quantitative estimate of drug-likeness (QED) is 0.358. The molecular weight excluding hydrogens is 546 g/mol. The van der Waals surface area contributed by atoms with E-state index in [4.69, 9.17) is 20.9 Å². The van der Waals surface area contributed by atoms with E-state index >= 15 is 0 Å². The number of anilines is 1. The highest BCUT2D eigenvalue weighted by Gasteiger charge is 2.18. The summed E-state index contributed by atoms with van der Waals surface area (Å²) < 4.78 is 35.0. The lowest BCUT2D eigenvalue weighted by Crippen LogP contribution is -2.46. The van der Waals surface area contributed by atoms with E-state index in [-0.39, 0.29) is 11.2 Å². The minimum atomic E-state index is -3.67. The third-order valence-corrected chi connectivity index (χ3v) is 6.27. The molecule has 2 heterocycles. The zero-order valence-corrected chi connectivity index (χ0v) is 23.9. The minimum absolute atomic E-state index is 0. The first-order valence-electron chi connectivity index (χ1n) is 12.6. The average molecular weight is 584 g/mol. The molecule has 2 aromatic carbocycles. The molecule has 13 heteroatoms. The summed E-state index contributed by atoms with van der Waals surface area (Å²) in [5, 5.41) is 5.34. The Morgan fingerprint density at radius 2 is 1.67 bits per heavy atom. The maximum atomic E-state index is 12.9. The van der Waals surface area contributed by atoms with Crippen LogP contribution in [0.25, 0.3) is 0 Å². The number of hydrogen-bond acceptors (Lipinski definition) is 7. The van der Waals surface area contributed by atoms with Gasteiger partial charge in [0.15, 0.2) is 0 Å². The summed E-state index contributed by atoms with van der Waals surface area (Å²) in [5.41, 5.74) is 1.14. The number of aromatic nitrogens is 3. The van der Waals surface area contributed by atoms with Crippen LogP contribution < -0.4 is 15.3 Å². The van der Waals surface area contributed by atoms with Crippen molar-refractivity contribution in [1.29, 1.82) is 0 Å². The van der Waals surface area contributed by atoms with E-state index in [1.165, 1.54) is 5.69 Å². The number of piperazine rings is 1. The van der Waals surface area contributed by atoms with Gasteiger partial charge in [0.05, 0.1) is 12.8 Å². The number of halogens is 1. The van der Waals surface area contributed by atoms with Crippen molar-refractivity contribution in [1.82, 2.24) is 19.2 Å². The Morgan fingerprint density at radius 1 is 1.00 bits per heavy atom. The van der Waals surface area contributed by atoms with E-state index in [9.17, 15) is 13.2 Å². The van der Waals surface area contributed by atoms with Crippen molar-refractivity contribution in [3.63, 3.8) is 0 Å². The van der Waals surface area contributed by atoms with Gasteiger partial charge in [-0.25, -0.2) is 9.48 Å². The summed E-state index contributed by atoms with van der Waals surface area (Å²) in [6.07, 6.45) is 2.34. The Hall–Kier alpha value is -2.90. The second-order valence-corrected chi connectivity index (χ2v) is 10.9. The highest BCUT2D eigenvalue weighted by molar-refractivity contribution is 7.85. The first kappa shape index (κ1) is 32.3. The van der Waals surface area contributed by atoms with Gasteiger partial charge in [-0.15, -0.1) is 0 Å². The van der Waals surface area contributed by atoms with Gasteiger partial charge in [-0.3, -0.25) is 14.0 Å². The van der Waals surface area contributed by atoms with Crippen LogP contribution in [0.2, 0.25) is 5.02 Å². The molecule has 1 aliphatic rings. The number of rotatable bonds is 10. The Labute approximate surface area is 234 Å². The van der Waals surface area contributed by atoms with Gasteiger partial charge in [-0.1, -0.05) is 42.8 Å². The molecule has 1 aromatic heterocycles. The molecule has 3 aromatic rings. The van der Waals surface area contributed by atoms with Crippen LogP contribution in [0, 0.1) is 0 Å². The van der Waals surface area contributed by atoms with Crippen LogP contribution >= 0.6 is 11.6 Å². The summed E-state index contributed by atoms with van der Waals surface area (Å²) in [4.78, 5) is 17.7. The average Bonchev–Trinajstić information content (AvgIpc) is 3.18. The highest BCUT2D eigenvalue weighted by Crippen LogP contribution is 2.20. The fourth-order valence-corrected chi connectivity index (χ4v) is 4.42. The van der Waals surface area contributed by atoms with Gasteiger partial charge in [0, 0.05) is 56.4 Å². The highest BCUT2D eigenvalue weighted by atomic mass is 35.5. The maximum absolute atomic E-state index is 12.9. The Kier molecular flexibility index (Phi) is 13.0. The minimum Gasteiger partial charge on any atom is -0.492 e. The molecule has 0 radical (unpaired) electrons. The second-order valence-electron chi connectivity index (χ2n) is 8.98. The maximum Gasteiger partial charge on any atom is 0.346 e. The number of aryl methyl sites for hydroxylation is 2. The van der Waals surface area contributed by atoms with Gasteiger partial charge in [-0.05, 0) is 36.8 Å². The number of ether oxygens (including phenoxy) is 1. The summed E-state index contributed by atoms with van der Waals surface area (Å²) in [6, 6.07) is 17.7. The molecule has 39 heavy (non-hydrogen) atoms. The molecule has 0 saturated carbocycles. The monoisotopic (exact) mass is 583 g/mol. The molecule has 0 aliphatic carbocycles. The molecule has 1 fully saturated rings. The number of para-hydroxylation sites is 1. The predicted octanol–water partition coefficient (Wildman–Crippen LogP) is 2.23. The second kappa shape index (κ2) is 15.6. The van der Waals surface area contributed by atoms with Crippen LogP contribution in [0.5, 0.6) is 5.75 Å². The van der Waals surface area contributed by atoms with Crippen molar-refractivity contribution in [2.45, 2.75) is 32.9 Å². The number of nitrogens with zero attached hydrogens (tertiary/aromatic N) is 5. The fourth-order valence-electron chi connectivity index (χ4n) is 4.24. The third kappa shape index (κ3) is 11.0. The molecule has 0 amide bonds. The van der Waals surface area contributed by atoms with E-state index in [2.05, 4.69) is 21.0 Å². The SMILES string of the molecule is CCc1nn(CCCN2CCN(c3cccc(Cl)c3)CC2)c(=O)n1CCOc1ccccc1.CS(=O)(=O)O.O. The van der Waals surface area contributed by atoms with Crippen molar-refractivity contribution < 1.29 is 23.2 Å². The molecule has 0 unspecified atom stereocenters. The zero-order chi connectivity index (χ0) is 27.5. The van der Waals surface area contributed by atoms with Crippen LogP contribution in [0.1, 0.15) is 19.2 Å². The van der Waals surface area contributed by atoms with Gasteiger partial charge in [0.1, 0.15) is 18.2 Å². The lowest BCUT2D eigenvalue weighted by Gasteiger charge is -2.36. The molecule has 4 rings (SSSR count). The van der Waals surface area contributed by atoms with Crippen molar-refractivity contribution in [3.8, 4) is 5.75 Å². The lowest BCUT2D eigenvalue weighted by atomic mass is 10.2. The van der Waals surface area contributed by atoms with Gasteiger partial charge < -0.3 is 15.1 Å². The van der Waals surface area contributed by atoms with E-state index in [0.29, 0.717) is 26.0 Å². The van der Waals surface area contributed by atoms with Crippen molar-refractivity contribution in [2.75, 3.05) is 50.5 Å². The molecule has 0 spiro atoms. The summed E-state index contributed by atoms with van der Waals surface area (Å²) >= 11 is 6.13. The van der Waals surface area contributed by atoms with Crippen molar-refractivity contribution >= 4 is 27.4 Å². The smallest absolute Gasteiger partial charge is 0.346 e. The van der Waals surface area contributed by atoms with Crippen LogP contribution in [0.3, 0.4) is 0 Å². The van der Waals surface area contributed by atoms with E-state index in [1.807, 2.05) is 55.5 Å². The summed E-state index contributed by atoms with van der Waals surface area (Å²) in [7, 11) is -3.67. The molecule has 1 aliphatic heterocycles. The van der Waals surface area contributed by atoms with Gasteiger partial charge in [0.25, 0.3) is 10.1 Å². The van der Waals surface area contributed by atoms with Crippen LogP contribution in [0.15, 0.2) is 59.4 Å². The summed E-state index contributed by atoms with van der Waals surface area (Å²) in [6.45, 7) is 8.54. The summed E-state index contributed by atoms with van der Waals surface area (Å²) in [5.74, 6) is 1.62. The Morgan fingerprint density at radius 3 is 2.28 bits per heavy atom. The molecule has 11 nitrogen and oxygen atoms in total. The van der Waals surface area contributed by atoms with Gasteiger partial charge in [-0.2, -0.15) is 13.5 Å². The van der Waals surface area contributed by atoms with E-state index < -0.39 is 10.1 Å². The topological polar surface area (TPSA) is 141 Å². The fraction of sp³-hybridized carbons (Fsp3) is 0.462. The van der Waals surface area contributed by atoms with Crippen molar-refractivity contribution in [2.24, 2.45) is 0 Å². The van der Waals surface area contributed by atoms with Crippen LogP contribution in [-0.2, 0) is 29.6 Å². The number of benzene rings is 2. The molecule has 3 N–H and O–H groups in total. The lowest BCUT2D eigenvalue weighted by molar-refractivity contribution is 0.248. The van der Waals surface area contributed by atoms with E-state index in [0.717, 1.165) is 62.2 Å². The molecule has 1 saturated heterocycles. The molecule has 0 atom stereocenters. The Bertz CT molecular complexity index is 1300. The predicted molar refractivity (Wildman–Crippen MR) is 154 cm³/mol. The van der Waals surface area contributed by atoms with Gasteiger partial charge >= 0.3 is 5.69 Å². The normalized spacial score (nSPS) is 13.8. The third-order valence-electron chi connectivity index (χ3n) is 6.03. The molecule has 216 valence electrons. The van der Waals surface area contributed by atoms with Crippen molar-refractivity contribution in [3.05, 3.63) is 75.9 Å². The first-order chi connectivity index (χ1) is 18.1. The largest absolute Gasteiger partial charge is 0.492 e. The van der Waals surface area contributed by atoms with Gasteiger partial charge in [0.2, 0.25) is 0 Å². The van der Waals surface area contributed by atoms with Crippen LogP contribution in [-0.4, -0.2) is 83.3 Å². The van der Waals surface area contributed by atoms with E-state index in [1.54, 1.807) is 9.25 Å².